The molecule has 3 nitrogen and oxygen atoms in total. The first-order valence-corrected chi connectivity index (χ1v) is 5.19. The average Bonchev–Trinajstić information content (AvgIpc) is 2.51. The van der Waals surface area contributed by atoms with Crippen LogP contribution >= 0.6 is 0 Å². The zero-order valence-corrected chi connectivity index (χ0v) is 9.37. The van der Waals surface area contributed by atoms with E-state index in [1.165, 1.54) is 0 Å². The molecule has 0 bridgehead atoms. The molecule has 2 N–H and O–H groups in total. The summed E-state index contributed by atoms with van der Waals surface area (Å²) in [7, 11) is 1.81. The van der Waals surface area contributed by atoms with Crippen LogP contribution in [0.5, 0.6) is 0 Å². The maximum Gasteiger partial charge on any atom is 0.107 e. The van der Waals surface area contributed by atoms with Crippen molar-refractivity contribution in [1.82, 2.24) is 4.90 Å². The Morgan fingerprint density at radius 1 is 1.60 bits per heavy atom. The predicted octanol–water partition coefficient (Wildman–Crippen LogP) is 2.04. The summed E-state index contributed by atoms with van der Waals surface area (Å²) >= 11 is 0. The maximum atomic E-state index is 5.55. The highest BCUT2D eigenvalue weighted by Gasteiger charge is 2.14. The fourth-order valence-electron chi connectivity index (χ4n) is 1.52. The molecule has 0 spiro atoms. The molecule has 82 valence electrons. The van der Waals surface area contributed by atoms with Crippen molar-refractivity contribution in [3.8, 4) is 0 Å². The zero-order valence-electron chi connectivity index (χ0n) is 9.37. The summed E-state index contributed by atoms with van der Waals surface area (Å²) in [5.74, 6) is 1.03. The van der Waals surface area contributed by atoms with Crippen LogP contribution in [0.1, 0.15) is 19.3 Å². The van der Waals surface area contributed by atoms with Crippen LogP contribution in [0.25, 0.3) is 0 Å². The number of hydrogen-bond acceptors (Lipinski definition) is 2. The van der Waals surface area contributed by atoms with E-state index in [1.54, 1.807) is 7.05 Å². The summed E-state index contributed by atoms with van der Waals surface area (Å²) in [6.07, 6.45) is 7.33. The standard InChI is InChI=1S/C12H19N3/c1-10(9-13)11(2)15-8-6-4-5-7-12(15)14-3/h6,8H,1-2,4-5,7,9,13H2,3H3. The van der Waals surface area contributed by atoms with Gasteiger partial charge in [0.15, 0.2) is 0 Å². The van der Waals surface area contributed by atoms with Crippen LogP contribution in [0.4, 0.5) is 0 Å². The minimum absolute atomic E-state index is 0.431. The SMILES string of the molecule is C=C(CN)C(=C)N1C=CCCCC1=NC. The molecule has 0 unspecified atom stereocenters. The summed E-state index contributed by atoms with van der Waals surface area (Å²) < 4.78 is 0. The van der Waals surface area contributed by atoms with E-state index in [2.05, 4.69) is 24.2 Å². The lowest BCUT2D eigenvalue weighted by Gasteiger charge is -2.24. The summed E-state index contributed by atoms with van der Waals surface area (Å²) in [6.45, 7) is 8.33. The lowest BCUT2D eigenvalue weighted by atomic mass is 10.2. The van der Waals surface area contributed by atoms with Gasteiger partial charge in [-0.15, -0.1) is 0 Å². The Morgan fingerprint density at radius 2 is 2.33 bits per heavy atom. The van der Waals surface area contributed by atoms with Gasteiger partial charge in [0.25, 0.3) is 0 Å². The fraction of sp³-hybridized carbons (Fsp3) is 0.417. The van der Waals surface area contributed by atoms with E-state index in [0.717, 1.165) is 36.4 Å². The highest BCUT2D eigenvalue weighted by molar-refractivity contribution is 5.85. The molecule has 0 aromatic carbocycles. The smallest absolute Gasteiger partial charge is 0.107 e. The Bertz CT molecular complexity index is 313. The number of rotatable bonds is 3. The second kappa shape index (κ2) is 5.51. The predicted molar refractivity (Wildman–Crippen MR) is 65.5 cm³/mol. The number of nitrogens with two attached hydrogens (primary N) is 1. The summed E-state index contributed by atoms with van der Waals surface area (Å²) in [5, 5.41) is 0. The van der Waals surface area contributed by atoms with Crippen LogP contribution in [0.3, 0.4) is 0 Å². The minimum Gasteiger partial charge on any atom is -0.326 e. The van der Waals surface area contributed by atoms with Crippen LogP contribution in [-0.2, 0) is 0 Å². The van der Waals surface area contributed by atoms with Crippen molar-refractivity contribution in [3.63, 3.8) is 0 Å². The molecule has 1 heterocycles. The van der Waals surface area contributed by atoms with Gasteiger partial charge in [-0.3, -0.25) is 4.99 Å². The molecule has 0 saturated heterocycles. The lowest BCUT2D eigenvalue weighted by Crippen LogP contribution is -2.26. The first-order valence-electron chi connectivity index (χ1n) is 5.19. The van der Waals surface area contributed by atoms with Crippen molar-refractivity contribution in [2.75, 3.05) is 13.6 Å². The molecule has 0 aromatic rings. The molecule has 0 aliphatic carbocycles. The highest BCUT2D eigenvalue weighted by atomic mass is 15.2. The Labute approximate surface area is 91.7 Å². The van der Waals surface area contributed by atoms with Crippen molar-refractivity contribution in [2.45, 2.75) is 19.3 Å². The molecule has 0 amide bonds. The zero-order chi connectivity index (χ0) is 11.3. The summed E-state index contributed by atoms with van der Waals surface area (Å²) in [5.41, 5.74) is 7.25. The van der Waals surface area contributed by atoms with E-state index < -0.39 is 0 Å². The molecule has 0 saturated carbocycles. The molecule has 1 aliphatic rings. The Hall–Kier alpha value is -1.35. The minimum atomic E-state index is 0.431. The van der Waals surface area contributed by atoms with E-state index in [-0.39, 0.29) is 0 Å². The molecule has 3 heteroatoms. The number of aliphatic imine (C=N–C) groups is 1. The van der Waals surface area contributed by atoms with Crippen molar-refractivity contribution in [3.05, 3.63) is 36.7 Å². The van der Waals surface area contributed by atoms with Crippen molar-refractivity contribution in [1.29, 1.82) is 0 Å². The number of allylic oxidation sites excluding steroid dienone is 1. The molecule has 0 atom stereocenters. The first kappa shape index (κ1) is 11.7. The van der Waals surface area contributed by atoms with Gasteiger partial charge in [-0.2, -0.15) is 0 Å². The topological polar surface area (TPSA) is 41.6 Å². The lowest BCUT2D eigenvalue weighted by molar-refractivity contribution is 0.679. The van der Waals surface area contributed by atoms with Gasteiger partial charge in [0, 0.05) is 31.9 Å². The molecule has 0 fully saturated rings. The van der Waals surface area contributed by atoms with Gasteiger partial charge in [0.1, 0.15) is 5.84 Å². The van der Waals surface area contributed by atoms with E-state index in [4.69, 9.17) is 5.73 Å². The molecule has 0 aromatic heterocycles. The van der Waals surface area contributed by atoms with Gasteiger partial charge in [0.05, 0.1) is 0 Å². The van der Waals surface area contributed by atoms with Gasteiger partial charge in [-0.1, -0.05) is 19.2 Å². The Kier molecular flexibility index (Phi) is 4.31. The largest absolute Gasteiger partial charge is 0.326 e. The van der Waals surface area contributed by atoms with Gasteiger partial charge < -0.3 is 10.6 Å². The first-order chi connectivity index (χ1) is 7.20. The molecular weight excluding hydrogens is 186 g/mol. The van der Waals surface area contributed by atoms with Crippen LogP contribution < -0.4 is 5.73 Å². The van der Waals surface area contributed by atoms with Crippen LogP contribution in [0, 0.1) is 0 Å². The fourth-order valence-corrected chi connectivity index (χ4v) is 1.52. The van der Waals surface area contributed by atoms with Crippen LogP contribution in [-0.4, -0.2) is 24.3 Å². The second-order valence-corrected chi connectivity index (χ2v) is 3.54. The third-order valence-corrected chi connectivity index (χ3v) is 2.51. The van der Waals surface area contributed by atoms with E-state index in [0.29, 0.717) is 6.54 Å². The number of hydrogen-bond donors (Lipinski definition) is 1. The summed E-state index contributed by atoms with van der Waals surface area (Å²) in [6, 6.07) is 0. The number of nitrogens with zero attached hydrogens (tertiary/aromatic N) is 2. The molecule has 1 rings (SSSR count). The maximum absolute atomic E-state index is 5.55. The molecule has 1 aliphatic heterocycles. The van der Waals surface area contributed by atoms with Gasteiger partial charge >= 0.3 is 0 Å². The van der Waals surface area contributed by atoms with Crippen molar-refractivity contribution < 1.29 is 0 Å². The third-order valence-electron chi connectivity index (χ3n) is 2.51. The highest BCUT2D eigenvalue weighted by Crippen LogP contribution is 2.18. The number of amidine groups is 1. The third kappa shape index (κ3) is 2.80. The molecular formula is C12H19N3. The van der Waals surface area contributed by atoms with E-state index in [9.17, 15) is 0 Å². The molecule has 15 heavy (non-hydrogen) atoms. The van der Waals surface area contributed by atoms with E-state index >= 15 is 0 Å². The van der Waals surface area contributed by atoms with Crippen molar-refractivity contribution >= 4 is 5.84 Å². The van der Waals surface area contributed by atoms with Gasteiger partial charge in [0.2, 0.25) is 0 Å². The average molecular weight is 205 g/mol. The normalized spacial score (nSPS) is 19.1. The van der Waals surface area contributed by atoms with Crippen LogP contribution in [0.2, 0.25) is 0 Å². The second-order valence-electron chi connectivity index (χ2n) is 3.54. The quantitative estimate of drug-likeness (QED) is 0.716. The van der Waals surface area contributed by atoms with Crippen LogP contribution in [0.15, 0.2) is 41.7 Å². The van der Waals surface area contributed by atoms with Gasteiger partial charge in [-0.25, -0.2) is 0 Å². The van der Waals surface area contributed by atoms with E-state index in [1.807, 2.05) is 11.1 Å². The monoisotopic (exact) mass is 205 g/mol. The van der Waals surface area contributed by atoms with Gasteiger partial charge in [-0.05, 0) is 18.4 Å². The Morgan fingerprint density at radius 3 is 2.93 bits per heavy atom. The Balaban J connectivity index is 2.88. The summed E-state index contributed by atoms with van der Waals surface area (Å²) in [4.78, 5) is 6.26. The van der Waals surface area contributed by atoms with Crippen molar-refractivity contribution in [2.24, 2.45) is 10.7 Å². The molecule has 0 radical (unpaired) electrons.